The van der Waals surface area contributed by atoms with Gasteiger partial charge in [0.05, 0.1) is 6.61 Å². The number of phosphoric acid groups is 2. The summed E-state index contributed by atoms with van der Waals surface area (Å²) >= 11 is 0. The van der Waals surface area contributed by atoms with Crippen molar-refractivity contribution in [2.45, 2.75) is 146 Å². The molecule has 1 aliphatic rings. The Labute approximate surface area is 264 Å². The van der Waals surface area contributed by atoms with E-state index in [1.54, 1.807) is 0 Å². The number of aliphatic hydroxyl groups is 4. The van der Waals surface area contributed by atoms with Crippen LogP contribution in [-0.2, 0) is 41.8 Å². The molecule has 1 rings (SSSR count). The molecule has 45 heavy (non-hydrogen) atoms. The van der Waals surface area contributed by atoms with Crippen LogP contribution in [0.15, 0.2) is 0 Å². The highest BCUT2D eigenvalue weighted by Crippen LogP contribution is 2.48. The molecule has 1 aliphatic carbocycles. The van der Waals surface area contributed by atoms with Crippen LogP contribution in [0.1, 0.15) is 104 Å². The van der Waals surface area contributed by atoms with E-state index in [9.17, 15) is 44.0 Å². The van der Waals surface area contributed by atoms with E-state index in [-0.39, 0.29) is 12.8 Å². The van der Waals surface area contributed by atoms with Crippen LogP contribution in [0.2, 0.25) is 0 Å². The Morgan fingerprint density at radius 1 is 0.622 bits per heavy atom. The fraction of sp³-hybridized carbons (Fsp3) is 0.926. The molecule has 0 heterocycles. The number of ether oxygens (including phenoxy) is 2. The smallest absolute Gasteiger partial charge is 0.462 e. The quantitative estimate of drug-likeness (QED) is 0.0435. The third-order valence-electron chi connectivity index (χ3n) is 7.18. The highest BCUT2D eigenvalue weighted by molar-refractivity contribution is 7.47. The molecule has 0 amide bonds. The molecule has 0 saturated heterocycles. The molecular weight excluding hydrogens is 642 g/mol. The molecule has 0 aromatic heterocycles. The summed E-state index contributed by atoms with van der Waals surface area (Å²) in [5.74, 6) is -1.21. The molecule has 0 aromatic carbocycles. The fourth-order valence-electron chi connectivity index (χ4n) is 4.67. The lowest BCUT2D eigenvalue weighted by Crippen LogP contribution is -2.64. The topological polar surface area (TPSA) is 256 Å². The number of aliphatic hydroxyl groups excluding tert-OH is 4. The first-order valence-corrected chi connectivity index (χ1v) is 18.6. The lowest BCUT2D eigenvalue weighted by Gasteiger charge is -2.43. The van der Waals surface area contributed by atoms with Gasteiger partial charge in [-0.05, 0) is 12.8 Å². The van der Waals surface area contributed by atoms with E-state index in [0.29, 0.717) is 12.8 Å². The molecule has 16 nitrogen and oxygen atoms in total. The minimum Gasteiger partial charge on any atom is -0.462 e. The second-order valence-corrected chi connectivity index (χ2v) is 13.8. The van der Waals surface area contributed by atoms with Gasteiger partial charge in [-0.1, -0.05) is 78.1 Å². The molecule has 3 unspecified atom stereocenters. The minimum atomic E-state index is -5.29. The number of unbranched alkanes of at least 4 members (excludes halogenated alkanes) is 10. The summed E-state index contributed by atoms with van der Waals surface area (Å²) in [6.07, 6.45) is -3.35. The van der Waals surface area contributed by atoms with E-state index >= 15 is 0 Å². The highest BCUT2D eigenvalue weighted by Gasteiger charge is 2.54. The summed E-state index contributed by atoms with van der Waals surface area (Å²) in [5, 5.41) is 40.9. The van der Waals surface area contributed by atoms with E-state index in [1.807, 2.05) is 0 Å². The maximum Gasteiger partial charge on any atom is 0.472 e. The summed E-state index contributed by atoms with van der Waals surface area (Å²) < 4.78 is 48.2. The predicted molar refractivity (Wildman–Crippen MR) is 158 cm³/mol. The standard InChI is InChI=1S/C27H52O16P2/c1-3-5-7-9-11-13-15-20(28)39-17-19(41-21(29)16-14-12-10-8-6-4-2)18-40-45(37,38)43-27-24(32)22(30)26(23(31)25(27)33)42-44(34,35)36/h19,22-27,30-33H,3-18H2,1-2H3,(H,37,38)(H2,34,35,36)/t19-,22-,23+,24+,25-,26?,27?/m1/s1. The van der Waals surface area contributed by atoms with Gasteiger partial charge < -0.3 is 44.6 Å². The second kappa shape index (κ2) is 21.8. The molecule has 0 radical (unpaired) electrons. The van der Waals surface area contributed by atoms with Crippen LogP contribution in [0.4, 0.5) is 0 Å². The number of esters is 2. The van der Waals surface area contributed by atoms with Crippen molar-refractivity contribution in [2.75, 3.05) is 13.2 Å². The van der Waals surface area contributed by atoms with Gasteiger partial charge in [0.2, 0.25) is 0 Å². The zero-order chi connectivity index (χ0) is 34.0. The van der Waals surface area contributed by atoms with Crippen LogP contribution in [0.5, 0.6) is 0 Å². The molecule has 1 saturated carbocycles. The van der Waals surface area contributed by atoms with Crippen LogP contribution < -0.4 is 0 Å². The first kappa shape index (κ1) is 42.0. The van der Waals surface area contributed by atoms with E-state index < -0.39 is 83.5 Å². The highest BCUT2D eigenvalue weighted by atomic mass is 31.2. The molecule has 266 valence electrons. The Bertz CT molecular complexity index is 930. The van der Waals surface area contributed by atoms with Crippen molar-refractivity contribution in [3.8, 4) is 0 Å². The van der Waals surface area contributed by atoms with E-state index in [2.05, 4.69) is 18.4 Å². The number of carbonyl (C=O) groups is 2. The summed E-state index contributed by atoms with van der Waals surface area (Å²) in [4.78, 5) is 52.9. The minimum absolute atomic E-state index is 0.0513. The van der Waals surface area contributed by atoms with Gasteiger partial charge in [0.15, 0.2) is 6.10 Å². The molecule has 7 N–H and O–H groups in total. The summed E-state index contributed by atoms with van der Waals surface area (Å²) in [6.45, 7) is 2.88. The SMILES string of the molecule is CCCCCCCCC(=O)OC[C@H](COP(=O)(O)OC1[C@@H](O)[C@@H](O)C(OP(=O)(O)O)[C@@H](O)[C@H]1O)OC(=O)CCCCCCCC. The van der Waals surface area contributed by atoms with Crippen molar-refractivity contribution < 1.29 is 76.9 Å². The van der Waals surface area contributed by atoms with Crippen molar-refractivity contribution in [1.29, 1.82) is 0 Å². The lowest BCUT2D eigenvalue weighted by atomic mass is 9.85. The Balaban J connectivity index is 2.78. The van der Waals surface area contributed by atoms with Gasteiger partial charge in [0.1, 0.15) is 43.2 Å². The average molecular weight is 695 g/mol. The number of carbonyl (C=O) groups excluding carboxylic acids is 2. The van der Waals surface area contributed by atoms with Crippen LogP contribution >= 0.6 is 15.6 Å². The van der Waals surface area contributed by atoms with Crippen LogP contribution in [-0.4, -0.2) is 103 Å². The van der Waals surface area contributed by atoms with Gasteiger partial charge >= 0.3 is 27.6 Å². The van der Waals surface area contributed by atoms with Crippen molar-refractivity contribution in [2.24, 2.45) is 0 Å². The van der Waals surface area contributed by atoms with Gasteiger partial charge in [0.25, 0.3) is 0 Å². The van der Waals surface area contributed by atoms with Gasteiger partial charge in [0, 0.05) is 12.8 Å². The Hall–Kier alpha value is -1.00. The Morgan fingerprint density at radius 2 is 1.04 bits per heavy atom. The molecule has 0 aliphatic heterocycles. The molecule has 18 heteroatoms. The number of phosphoric ester groups is 2. The molecule has 0 spiro atoms. The first-order valence-electron chi connectivity index (χ1n) is 15.6. The number of hydrogen-bond donors (Lipinski definition) is 7. The second-order valence-electron chi connectivity index (χ2n) is 11.2. The van der Waals surface area contributed by atoms with Crippen molar-refractivity contribution in [3.05, 3.63) is 0 Å². The van der Waals surface area contributed by atoms with Gasteiger partial charge in [-0.2, -0.15) is 0 Å². The Morgan fingerprint density at radius 3 is 1.51 bits per heavy atom. The summed E-state index contributed by atoms with van der Waals surface area (Å²) in [5.41, 5.74) is 0. The molecule has 8 atom stereocenters. The molecule has 0 bridgehead atoms. The largest absolute Gasteiger partial charge is 0.472 e. The zero-order valence-corrected chi connectivity index (χ0v) is 27.8. The maximum atomic E-state index is 12.7. The Kier molecular flexibility index (Phi) is 20.3. The molecule has 1 fully saturated rings. The molecular formula is C27H52O16P2. The molecule has 0 aromatic rings. The summed E-state index contributed by atoms with van der Waals surface area (Å²) in [7, 11) is -10.5. The third kappa shape index (κ3) is 17.6. The van der Waals surface area contributed by atoms with Gasteiger partial charge in [-0.15, -0.1) is 0 Å². The number of rotatable bonds is 24. The summed E-state index contributed by atoms with van der Waals surface area (Å²) in [6, 6.07) is 0. The van der Waals surface area contributed by atoms with Gasteiger partial charge in [-0.3, -0.25) is 23.2 Å². The van der Waals surface area contributed by atoms with Crippen molar-refractivity contribution >= 4 is 27.6 Å². The number of hydrogen-bond acceptors (Lipinski definition) is 13. The van der Waals surface area contributed by atoms with Crippen molar-refractivity contribution in [1.82, 2.24) is 0 Å². The third-order valence-corrected chi connectivity index (χ3v) is 8.68. The predicted octanol–water partition coefficient (Wildman–Crippen LogP) is 2.38. The van der Waals surface area contributed by atoms with Crippen LogP contribution in [0, 0.1) is 0 Å². The van der Waals surface area contributed by atoms with Crippen LogP contribution in [0.3, 0.4) is 0 Å². The van der Waals surface area contributed by atoms with E-state index in [1.165, 1.54) is 0 Å². The monoisotopic (exact) mass is 694 g/mol. The lowest BCUT2D eigenvalue weighted by molar-refractivity contribution is -0.216. The zero-order valence-electron chi connectivity index (χ0n) is 26.1. The van der Waals surface area contributed by atoms with Crippen molar-refractivity contribution in [3.63, 3.8) is 0 Å². The average Bonchev–Trinajstić information content (AvgIpc) is 2.97. The first-order chi connectivity index (χ1) is 21.1. The normalized spacial score (nSPS) is 25.8. The maximum absolute atomic E-state index is 12.7. The van der Waals surface area contributed by atoms with E-state index in [0.717, 1.165) is 64.2 Å². The van der Waals surface area contributed by atoms with E-state index in [4.69, 9.17) is 28.3 Å². The van der Waals surface area contributed by atoms with Gasteiger partial charge in [-0.25, -0.2) is 9.13 Å². The fourth-order valence-corrected chi connectivity index (χ4v) is 6.21. The van der Waals surface area contributed by atoms with Crippen LogP contribution in [0.25, 0.3) is 0 Å².